The second kappa shape index (κ2) is 4.69. The number of hydrogen-bond donors (Lipinski definition) is 0. The first kappa shape index (κ1) is 10.6. The molecule has 0 unspecified atom stereocenters. The molecule has 0 heterocycles. The molecule has 3 heteroatoms. The molecule has 0 aromatic heterocycles. The smallest absolute Gasteiger partial charge is 0.302 e. The van der Waals surface area contributed by atoms with Crippen molar-refractivity contribution in [1.29, 1.82) is 0 Å². The van der Waals surface area contributed by atoms with Crippen LogP contribution in [-0.2, 0) is 4.79 Å². The van der Waals surface area contributed by atoms with E-state index in [1.54, 1.807) is 26.1 Å². The first-order chi connectivity index (χ1) is 6.66. The van der Waals surface area contributed by atoms with Crippen LogP contribution < -0.4 is 4.90 Å². The number of hydrogen-bond acceptors (Lipinski definition) is 1. The van der Waals surface area contributed by atoms with Crippen LogP contribution >= 0.6 is 11.6 Å². The zero-order chi connectivity index (χ0) is 10.6. The van der Waals surface area contributed by atoms with Crippen LogP contribution in [0.15, 0.2) is 24.3 Å². The Bertz CT molecular complexity index is 403. The lowest BCUT2D eigenvalue weighted by atomic mass is 10.3. The monoisotopic (exact) mass is 207 g/mol. The van der Waals surface area contributed by atoms with Gasteiger partial charge in [-0.05, 0) is 25.0 Å². The van der Waals surface area contributed by atoms with Crippen LogP contribution in [0.3, 0.4) is 0 Å². The first-order valence-corrected chi connectivity index (χ1v) is 4.49. The Labute approximate surface area is 88.5 Å². The van der Waals surface area contributed by atoms with E-state index in [1.807, 2.05) is 12.1 Å². The maximum absolute atomic E-state index is 11.4. The highest BCUT2D eigenvalue weighted by atomic mass is 35.5. The molecule has 1 rings (SSSR count). The molecular weight excluding hydrogens is 198 g/mol. The van der Waals surface area contributed by atoms with Crippen LogP contribution in [0.5, 0.6) is 0 Å². The minimum atomic E-state index is -0.263. The van der Waals surface area contributed by atoms with E-state index in [1.165, 1.54) is 4.90 Å². The molecular formula is C11H10ClNO. The van der Waals surface area contributed by atoms with Gasteiger partial charge in [0.1, 0.15) is 0 Å². The molecule has 0 saturated heterocycles. The van der Waals surface area contributed by atoms with E-state index in [2.05, 4.69) is 11.8 Å². The fourth-order valence-corrected chi connectivity index (χ4v) is 1.29. The topological polar surface area (TPSA) is 20.3 Å². The quantitative estimate of drug-likeness (QED) is 0.648. The van der Waals surface area contributed by atoms with Crippen LogP contribution in [0.25, 0.3) is 0 Å². The van der Waals surface area contributed by atoms with E-state index < -0.39 is 0 Å². The largest absolute Gasteiger partial charge is 0.303 e. The molecule has 1 amide bonds. The molecule has 0 spiro atoms. The van der Waals surface area contributed by atoms with E-state index in [4.69, 9.17) is 11.6 Å². The van der Waals surface area contributed by atoms with Gasteiger partial charge >= 0.3 is 5.91 Å². The fourth-order valence-electron chi connectivity index (χ4n) is 1.02. The molecule has 14 heavy (non-hydrogen) atoms. The van der Waals surface area contributed by atoms with Gasteiger partial charge in [-0.1, -0.05) is 29.7 Å². The molecule has 0 aliphatic rings. The van der Waals surface area contributed by atoms with Crippen LogP contribution in [0.1, 0.15) is 6.92 Å². The Morgan fingerprint density at radius 2 is 2.07 bits per heavy atom. The molecule has 0 aliphatic heterocycles. The average molecular weight is 208 g/mol. The summed E-state index contributed by atoms with van der Waals surface area (Å²) in [7, 11) is 1.65. The van der Waals surface area contributed by atoms with Crippen LogP contribution in [0.2, 0.25) is 5.02 Å². The fraction of sp³-hybridized carbons (Fsp3) is 0.182. The molecule has 0 atom stereocenters. The van der Waals surface area contributed by atoms with Crippen LogP contribution in [0.4, 0.5) is 5.69 Å². The van der Waals surface area contributed by atoms with Crippen molar-refractivity contribution in [3.8, 4) is 11.8 Å². The number of carbonyl (C=O) groups excluding carboxylic acids is 1. The van der Waals surface area contributed by atoms with Gasteiger partial charge in [-0.3, -0.25) is 4.79 Å². The summed E-state index contributed by atoms with van der Waals surface area (Å²) in [4.78, 5) is 12.8. The third-order valence-corrected chi connectivity index (χ3v) is 2.07. The van der Waals surface area contributed by atoms with Gasteiger partial charge in [-0.2, -0.15) is 0 Å². The third kappa shape index (κ3) is 2.27. The summed E-state index contributed by atoms with van der Waals surface area (Å²) in [6, 6.07) is 7.15. The van der Waals surface area contributed by atoms with Crippen molar-refractivity contribution in [3.63, 3.8) is 0 Å². The molecule has 72 valence electrons. The van der Waals surface area contributed by atoms with E-state index >= 15 is 0 Å². The first-order valence-electron chi connectivity index (χ1n) is 4.11. The summed E-state index contributed by atoms with van der Waals surface area (Å²) < 4.78 is 0. The highest BCUT2D eigenvalue weighted by Crippen LogP contribution is 2.23. The molecule has 0 saturated carbocycles. The Hall–Kier alpha value is -1.46. The predicted octanol–water partition coefficient (Wildman–Crippen LogP) is 2.33. The van der Waals surface area contributed by atoms with Gasteiger partial charge in [0.2, 0.25) is 0 Å². The maximum atomic E-state index is 11.4. The van der Waals surface area contributed by atoms with Gasteiger partial charge in [-0.25, -0.2) is 0 Å². The highest BCUT2D eigenvalue weighted by molar-refractivity contribution is 6.34. The van der Waals surface area contributed by atoms with Gasteiger partial charge in [0.05, 0.1) is 10.7 Å². The number of halogens is 1. The number of anilines is 1. The Morgan fingerprint density at radius 1 is 1.43 bits per heavy atom. The van der Waals surface area contributed by atoms with Crippen LogP contribution in [0, 0.1) is 11.8 Å². The summed E-state index contributed by atoms with van der Waals surface area (Å²) >= 11 is 5.92. The summed E-state index contributed by atoms with van der Waals surface area (Å²) in [5, 5.41) is 0.543. The zero-order valence-corrected chi connectivity index (χ0v) is 8.80. The van der Waals surface area contributed by atoms with Gasteiger partial charge in [0.25, 0.3) is 0 Å². The molecule has 0 aliphatic carbocycles. The van der Waals surface area contributed by atoms with Gasteiger partial charge in [0.15, 0.2) is 0 Å². The van der Waals surface area contributed by atoms with E-state index in [-0.39, 0.29) is 5.91 Å². The Balaban J connectivity index is 2.98. The van der Waals surface area contributed by atoms with Crippen molar-refractivity contribution < 1.29 is 4.79 Å². The number of benzene rings is 1. The van der Waals surface area contributed by atoms with Crippen molar-refractivity contribution in [2.45, 2.75) is 6.92 Å². The Morgan fingerprint density at radius 3 is 2.64 bits per heavy atom. The summed E-state index contributed by atoms with van der Waals surface area (Å²) in [5.41, 5.74) is 0.668. The molecule has 1 aromatic carbocycles. The van der Waals surface area contributed by atoms with Crippen LogP contribution in [-0.4, -0.2) is 13.0 Å². The zero-order valence-electron chi connectivity index (χ0n) is 8.04. The third-order valence-electron chi connectivity index (χ3n) is 1.75. The minimum absolute atomic E-state index is 0.263. The van der Waals surface area contributed by atoms with Gasteiger partial charge in [0, 0.05) is 7.05 Å². The van der Waals surface area contributed by atoms with Gasteiger partial charge < -0.3 is 4.90 Å². The summed E-state index contributed by atoms with van der Waals surface area (Å²) in [6.45, 7) is 1.62. The molecule has 0 fully saturated rings. The second-order valence-electron chi connectivity index (χ2n) is 2.69. The molecule has 1 aromatic rings. The second-order valence-corrected chi connectivity index (χ2v) is 3.10. The lowest BCUT2D eigenvalue weighted by Crippen LogP contribution is -2.24. The van der Waals surface area contributed by atoms with Crippen molar-refractivity contribution in [3.05, 3.63) is 29.3 Å². The SMILES string of the molecule is CC#CC(=O)N(C)c1ccccc1Cl. The maximum Gasteiger partial charge on any atom is 0.302 e. The minimum Gasteiger partial charge on any atom is -0.303 e. The number of carbonyl (C=O) groups is 1. The number of amides is 1. The number of nitrogens with zero attached hydrogens (tertiary/aromatic N) is 1. The molecule has 0 radical (unpaired) electrons. The van der Waals surface area contributed by atoms with Crippen molar-refractivity contribution in [2.75, 3.05) is 11.9 Å². The summed E-state index contributed by atoms with van der Waals surface area (Å²) in [6.07, 6.45) is 0. The van der Waals surface area contributed by atoms with E-state index in [0.29, 0.717) is 10.7 Å². The average Bonchev–Trinajstić information content (AvgIpc) is 2.18. The van der Waals surface area contributed by atoms with Crippen molar-refractivity contribution >= 4 is 23.2 Å². The normalized spacial score (nSPS) is 8.79. The molecule has 2 nitrogen and oxygen atoms in total. The van der Waals surface area contributed by atoms with E-state index in [0.717, 1.165) is 0 Å². The summed E-state index contributed by atoms with van der Waals surface area (Å²) in [5.74, 6) is 4.74. The standard InChI is InChI=1S/C11H10ClNO/c1-3-6-11(14)13(2)10-8-5-4-7-9(10)12/h4-5,7-8H,1-2H3. The lowest BCUT2D eigenvalue weighted by Gasteiger charge is -2.15. The Kier molecular flexibility index (Phi) is 3.55. The lowest BCUT2D eigenvalue weighted by molar-refractivity contribution is -0.113. The van der Waals surface area contributed by atoms with E-state index in [9.17, 15) is 4.79 Å². The predicted molar refractivity (Wildman–Crippen MR) is 58.3 cm³/mol. The highest BCUT2D eigenvalue weighted by Gasteiger charge is 2.10. The molecule has 0 N–H and O–H groups in total. The van der Waals surface area contributed by atoms with Gasteiger partial charge in [-0.15, -0.1) is 0 Å². The number of rotatable bonds is 1. The number of para-hydroxylation sites is 1. The van der Waals surface area contributed by atoms with Crippen molar-refractivity contribution in [2.24, 2.45) is 0 Å². The molecule has 0 bridgehead atoms. The van der Waals surface area contributed by atoms with Crippen molar-refractivity contribution in [1.82, 2.24) is 0 Å².